The van der Waals surface area contributed by atoms with Crippen molar-refractivity contribution < 1.29 is 23.9 Å². The summed E-state index contributed by atoms with van der Waals surface area (Å²) < 4.78 is 11.4. The number of hydrogen-bond acceptors (Lipinski definition) is 5. The molecule has 190 valence electrons. The third kappa shape index (κ3) is 6.19. The molecule has 8 heteroatoms. The first kappa shape index (κ1) is 26.0. The summed E-state index contributed by atoms with van der Waals surface area (Å²) in [6.07, 6.45) is 2.25. The number of ether oxygens (including phenoxy) is 2. The monoisotopic (exact) mass is 518 g/mol. The number of benzene rings is 3. The minimum absolute atomic E-state index is 0.189. The Balaban J connectivity index is 1.52. The largest absolute Gasteiger partial charge is 0.494 e. The number of barbiturate groups is 1. The number of amides is 4. The first-order chi connectivity index (χ1) is 17.7. The maximum absolute atomic E-state index is 13.2. The Morgan fingerprint density at radius 2 is 1.62 bits per heavy atom. The average molecular weight is 519 g/mol. The lowest BCUT2D eigenvalue weighted by molar-refractivity contribution is -0.122. The summed E-state index contributed by atoms with van der Waals surface area (Å²) in [6, 6.07) is 16.9. The van der Waals surface area contributed by atoms with Gasteiger partial charge in [0, 0.05) is 0 Å². The Labute approximate surface area is 220 Å². The van der Waals surface area contributed by atoms with Crippen molar-refractivity contribution in [3.63, 3.8) is 0 Å². The van der Waals surface area contributed by atoms with Crippen molar-refractivity contribution in [3.8, 4) is 11.5 Å². The van der Waals surface area contributed by atoms with Gasteiger partial charge >= 0.3 is 6.03 Å². The SMILES string of the molecule is CCCOc1ccc(N2C(=O)NC(=O)/C(=C/c3ccc(OCc4cc(C)cc(C)c4)c(Cl)c3)C2=O)cc1. The summed E-state index contributed by atoms with van der Waals surface area (Å²) in [5.41, 5.74) is 3.97. The molecule has 1 aliphatic heterocycles. The highest BCUT2D eigenvalue weighted by Crippen LogP contribution is 2.29. The van der Waals surface area contributed by atoms with Gasteiger partial charge in [0.2, 0.25) is 0 Å². The molecule has 0 saturated carbocycles. The molecule has 1 N–H and O–H groups in total. The normalized spacial score (nSPS) is 14.6. The van der Waals surface area contributed by atoms with Crippen molar-refractivity contribution in [2.24, 2.45) is 0 Å². The Bertz CT molecular complexity index is 1360. The van der Waals surface area contributed by atoms with Gasteiger partial charge in [0.1, 0.15) is 23.7 Å². The number of aryl methyl sites for hydroxylation is 2. The molecule has 4 amide bonds. The quantitative estimate of drug-likeness (QED) is 0.292. The smallest absolute Gasteiger partial charge is 0.335 e. The number of carbonyl (C=O) groups excluding carboxylic acids is 3. The minimum Gasteiger partial charge on any atom is -0.494 e. The van der Waals surface area contributed by atoms with Gasteiger partial charge in [-0.2, -0.15) is 0 Å². The fourth-order valence-corrected chi connectivity index (χ4v) is 4.25. The van der Waals surface area contributed by atoms with Gasteiger partial charge < -0.3 is 9.47 Å². The van der Waals surface area contributed by atoms with Gasteiger partial charge in [-0.3, -0.25) is 14.9 Å². The van der Waals surface area contributed by atoms with Crippen LogP contribution in [0.2, 0.25) is 5.02 Å². The van der Waals surface area contributed by atoms with Gasteiger partial charge in [-0.05, 0) is 73.9 Å². The summed E-state index contributed by atoms with van der Waals surface area (Å²) in [5, 5.41) is 2.55. The Morgan fingerprint density at radius 1 is 0.919 bits per heavy atom. The second-order valence-electron chi connectivity index (χ2n) is 8.77. The van der Waals surface area contributed by atoms with Crippen LogP contribution in [0.5, 0.6) is 11.5 Å². The zero-order valence-corrected chi connectivity index (χ0v) is 21.6. The van der Waals surface area contributed by atoms with Crippen molar-refractivity contribution in [1.82, 2.24) is 5.32 Å². The third-order valence-corrected chi connectivity index (χ3v) is 5.91. The number of imide groups is 2. The Morgan fingerprint density at radius 3 is 2.27 bits per heavy atom. The number of anilines is 1. The second-order valence-corrected chi connectivity index (χ2v) is 9.18. The van der Waals surface area contributed by atoms with Gasteiger partial charge in [-0.1, -0.05) is 53.9 Å². The lowest BCUT2D eigenvalue weighted by Crippen LogP contribution is -2.54. The third-order valence-electron chi connectivity index (χ3n) is 5.61. The van der Waals surface area contributed by atoms with Crippen LogP contribution in [0, 0.1) is 13.8 Å². The number of rotatable bonds is 8. The lowest BCUT2D eigenvalue weighted by atomic mass is 10.1. The van der Waals surface area contributed by atoms with E-state index in [0.717, 1.165) is 28.0 Å². The van der Waals surface area contributed by atoms with Crippen LogP contribution in [0.15, 0.2) is 66.2 Å². The fourth-order valence-electron chi connectivity index (χ4n) is 4.01. The minimum atomic E-state index is -0.817. The highest BCUT2D eigenvalue weighted by atomic mass is 35.5. The van der Waals surface area contributed by atoms with Crippen LogP contribution in [0.4, 0.5) is 10.5 Å². The number of carbonyl (C=O) groups is 3. The molecule has 37 heavy (non-hydrogen) atoms. The van der Waals surface area contributed by atoms with Crippen molar-refractivity contribution in [1.29, 1.82) is 0 Å². The Kier molecular flexibility index (Phi) is 7.94. The van der Waals surface area contributed by atoms with Crippen LogP contribution < -0.4 is 19.7 Å². The topological polar surface area (TPSA) is 84.9 Å². The number of urea groups is 1. The van der Waals surface area contributed by atoms with E-state index < -0.39 is 17.8 Å². The van der Waals surface area contributed by atoms with Crippen LogP contribution in [-0.4, -0.2) is 24.5 Å². The summed E-state index contributed by atoms with van der Waals surface area (Å²) in [6.45, 7) is 6.96. The molecule has 1 fully saturated rings. The van der Waals surface area contributed by atoms with E-state index in [-0.39, 0.29) is 5.57 Å². The maximum atomic E-state index is 13.2. The highest BCUT2D eigenvalue weighted by molar-refractivity contribution is 6.39. The number of nitrogens with zero attached hydrogens (tertiary/aromatic N) is 1. The van der Waals surface area contributed by atoms with Gasteiger partial charge in [-0.15, -0.1) is 0 Å². The number of nitrogens with one attached hydrogen (secondary N) is 1. The van der Waals surface area contributed by atoms with E-state index in [4.69, 9.17) is 21.1 Å². The summed E-state index contributed by atoms with van der Waals surface area (Å²) in [7, 11) is 0. The molecule has 0 radical (unpaired) electrons. The van der Waals surface area contributed by atoms with E-state index in [1.807, 2.05) is 32.9 Å². The van der Waals surface area contributed by atoms with E-state index >= 15 is 0 Å². The van der Waals surface area contributed by atoms with E-state index in [2.05, 4.69) is 11.4 Å². The standard InChI is InChI=1S/C29H27ClN2O5/c1-4-11-36-23-8-6-22(7-9-23)32-28(34)24(27(33)31-29(32)35)15-20-5-10-26(25(30)16-20)37-17-21-13-18(2)12-19(3)14-21/h5-10,12-16H,4,11,17H2,1-3H3,(H,31,33,35)/b24-15-. The Hall–Kier alpha value is -4.10. The average Bonchev–Trinajstić information content (AvgIpc) is 2.85. The van der Waals surface area contributed by atoms with Crippen LogP contribution in [-0.2, 0) is 16.2 Å². The number of halogens is 1. The van der Waals surface area contributed by atoms with Crippen molar-refractivity contribution in [2.75, 3.05) is 11.5 Å². The van der Waals surface area contributed by atoms with Crippen molar-refractivity contribution in [2.45, 2.75) is 33.8 Å². The summed E-state index contributed by atoms with van der Waals surface area (Å²) >= 11 is 6.43. The predicted molar refractivity (Wildman–Crippen MR) is 143 cm³/mol. The molecule has 7 nitrogen and oxygen atoms in total. The molecule has 3 aromatic rings. The molecule has 0 aliphatic carbocycles. The van der Waals surface area contributed by atoms with Gasteiger partial charge in [0.05, 0.1) is 17.3 Å². The van der Waals surface area contributed by atoms with Crippen molar-refractivity contribution >= 4 is 41.2 Å². The van der Waals surface area contributed by atoms with Gasteiger partial charge in [0.25, 0.3) is 11.8 Å². The van der Waals surface area contributed by atoms with Crippen LogP contribution in [0.25, 0.3) is 6.08 Å². The van der Waals surface area contributed by atoms with Crippen molar-refractivity contribution in [3.05, 3.63) is 93.5 Å². The first-order valence-corrected chi connectivity index (χ1v) is 12.3. The van der Waals surface area contributed by atoms with E-state index in [1.165, 1.54) is 6.08 Å². The molecule has 0 spiro atoms. The first-order valence-electron chi connectivity index (χ1n) is 11.9. The molecular formula is C29H27ClN2O5. The molecule has 0 bridgehead atoms. The highest BCUT2D eigenvalue weighted by Gasteiger charge is 2.36. The second kappa shape index (κ2) is 11.3. The predicted octanol–water partition coefficient (Wildman–Crippen LogP) is 5.99. The molecular weight excluding hydrogens is 492 g/mol. The lowest BCUT2D eigenvalue weighted by Gasteiger charge is -2.26. The molecule has 0 unspecified atom stereocenters. The van der Waals surface area contributed by atoms with Gasteiger partial charge in [-0.25, -0.2) is 9.69 Å². The van der Waals surface area contributed by atoms with E-state index in [1.54, 1.807) is 42.5 Å². The zero-order chi connectivity index (χ0) is 26.5. The van der Waals surface area contributed by atoms with Crippen LogP contribution in [0.1, 0.15) is 35.6 Å². The zero-order valence-electron chi connectivity index (χ0n) is 20.8. The molecule has 1 saturated heterocycles. The van der Waals surface area contributed by atoms with Gasteiger partial charge in [0.15, 0.2) is 0 Å². The maximum Gasteiger partial charge on any atom is 0.335 e. The molecule has 3 aromatic carbocycles. The molecule has 0 aromatic heterocycles. The van der Waals surface area contributed by atoms with Crippen LogP contribution >= 0.6 is 11.6 Å². The summed E-state index contributed by atoms with van der Waals surface area (Å²) in [4.78, 5) is 39.1. The molecule has 4 rings (SSSR count). The van der Waals surface area contributed by atoms with E-state index in [9.17, 15) is 14.4 Å². The number of hydrogen-bond donors (Lipinski definition) is 1. The van der Waals surface area contributed by atoms with E-state index in [0.29, 0.717) is 41.0 Å². The molecule has 1 heterocycles. The van der Waals surface area contributed by atoms with Crippen LogP contribution in [0.3, 0.4) is 0 Å². The fraction of sp³-hybridized carbons (Fsp3) is 0.207. The molecule has 0 atom stereocenters. The molecule has 1 aliphatic rings. The summed E-state index contributed by atoms with van der Waals surface area (Å²) in [5.74, 6) is -0.413.